The first-order valence-electron chi connectivity index (χ1n) is 11.7. The molecule has 3 aromatic rings. The van der Waals surface area contributed by atoms with E-state index in [9.17, 15) is 4.79 Å². The number of benzene rings is 3. The van der Waals surface area contributed by atoms with E-state index >= 15 is 0 Å². The van der Waals surface area contributed by atoms with Crippen LogP contribution in [0.25, 0.3) is 0 Å². The highest BCUT2D eigenvalue weighted by Crippen LogP contribution is 2.44. The molecule has 1 heterocycles. The largest absolute Gasteiger partial charge is 0.497 e. The van der Waals surface area contributed by atoms with Crippen LogP contribution in [0.3, 0.4) is 0 Å². The summed E-state index contributed by atoms with van der Waals surface area (Å²) in [5.74, 6) is 2.17. The average Bonchev–Trinajstić information content (AvgIpc) is 3.37. The van der Waals surface area contributed by atoms with E-state index in [-0.39, 0.29) is 24.5 Å². The van der Waals surface area contributed by atoms with Gasteiger partial charge in [-0.1, -0.05) is 23.7 Å². The van der Waals surface area contributed by atoms with E-state index in [4.69, 9.17) is 25.8 Å². The molecule has 34 heavy (non-hydrogen) atoms. The first-order chi connectivity index (χ1) is 16.6. The van der Waals surface area contributed by atoms with Gasteiger partial charge in [0, 0.05) is 10.7 Å². The molecule has 5 nitrogen and oxygen atoms in total. The monoisotopic (exact) mass is 477 g/mol. The predicted molar refractivity (Wildman–Crippen MR) is 133 cm³/mol. The molecule has 3 aromatic carbocycles. The Balaban J connectivity index is 1.64. The summed E-state index contributed by atoms with van der Waals surface area (Å²) in [5, 5.41) is 0.655. The third kappa shape index (κ3) is 4.32. The van der Waals surface area contributed by atoms with Crippen molar-refractivity contribution in [3.8, 4) is 17.2 Å². The number of methoxy groups -OCH3 is 2. The van der Waals surface area contributed by atoms with Gasteiger partial charge in [0.15, 0.2) is 11.5 Å². The fourth-order valence-corrected chi connectivity index (χ4v) is 5.13. The lowest BCUT2D eigenvalue weighted by Gasteiger charge is -2.38. The first-order valence-corrected chi connectivity index (χ1v) is 12.0. The van der Waals surface area contributed by atoms with Crippen molar-refractivity contribution in [1.82, 2.24) is 0 Å². The van der Waals surface area contributed by atoms with Gasteiger partial charge in [-0.15, -0.1) is 0 Å². The third-order valence-corrected chi connectivity index (χ3v) is 6.97. The molecule has 0 aromatic heterocycles. The van der Waals surface area contributed by atoms with Crippen molar-refractivity contribution in [2.75, 3.05) is 19.1 Å². The summed E-state index contributed by atoms with van der Waals surface area (Å²) in [5.41, 5.74) is 3.77. The second-order valence-electron chi connectivity index (χ2n) is 8.82. The van der Waals surface area contributed by atoms with Gasteiger partial charge >= 0.3 is 0 Å². The Bertz CT molecular complexity index is 1170. The number of anilines is 1. The van der Waals surface area contributed by atoms with E-state index in [0.717, 1.165) is 46.7 Å². The Labute approximate surface area is 205 Å². The molecule has 1 atom stereocenters. The second kappa shape index (κ2) is 9.59. The molecule has 1 fully saturated rings. The number of carbonyl (C=O) groups excluding carboxylic acids is 1. The molecule has 5 rings (SSSR count). The van der Waals surface area contributed by atoms with Gasteiger partial charge in [0.05, 0.1) is 32.8 Å². The second-order valence-corrected chi connectivity index (χ2v) is 9.26. The van der Waals surface area contributed by atoms with E-state index in [0.29, 0.717) is 10.8 Å². The summed E-state index contributed by atoms with van der Waals surface area (Å²) >= 11 is 6.20. The van der Waals surface area contributed by atoms with Gasteiger partial charge in [-0.2, -0.15) is 0 Å². The van der Waals surface area contributed by atoms with Crippen LogP contribution in [-0.2, 0) is 11.2 Å². The van der Waals surface area contributed by atoms with Crippen molar-refractivity contribution in [3.63, 3.8) is 0 Å². The van der Waals surface area contributed by atoms with Crippen molar-refractivity contribution in [1.29, 1.82) is 0 Å². The quantitative estimate of drug-likeness (QED) is 0.414. The molecule has 2 aliphatic rings. The molecule has 0 spiro atoms. The molecular formula is C28H28ClNO4. The van der Waals surface area contributed by atoms with Gasteiger partial charge in [0.1, 0.15) is 5.75 Å². The van der Waals surface area contributed by atoms with Crippen LogP contribution in [0.15, 0.2) is 60.7 Å². The summed E-state index contributed by atoms with van der Waals surface area (Å²) in [6, 6.07) is 19.0. The molecule has 1 saturated carbocycles. The third-order valence-electron chi connectivity index (χ3n) is 6.72. The van der Waals surface area contributed by atoms with Gasteiger partial charge in [0.25, 0.3) is 0 Å². The molecule has 1 unspecified atom stereocenters. The topological polar surface area (TPSA) is 48.0 Å². The van der Waals surface area contributed by atoms with Gasteiger partial charge in [0.2, 0.25) is 5.91 Å². The normalized spacial score (nSPS) is 18.0. The molecule has 6 heteroatoms. The highest BCUT2D eigenvalue weighted by atomic mass is 35.5. The molecule has 1 aliphatic carbocycles. The lowest BCUT2D eigenvalue weighted by atomic mass is 9.86. The SMILES string of the molecule is COc1ccc(N2C(=O)Cc3cc(OC)c(OC4CCCC4)cc3C2c2ccc(Cl)cc2)cc1. The van der Waals surface area contributed by atoms with Crippen LogP contribution in [0.5, 0.6) is 17.2 Å². The predicted octanol–water partition coefficient (Wildman–Crippen LogP) is 6.36. The highest BCUT2D eigenvalue weighted by molar-refractivity contribution is 6.30. The van der Waals surface area contributed by atoms with Crippen molar-refractivity contribution in [3.05, 3.63) is 82.4 Å². The molecule has 1 amide bonds. The zero-order valence-electron chi connectivity index (χ0n) is 19.4. The number of fused-ring (bicyclic) bond motifs is 1. The summed E-state index contributed by atoms with van der Waals surface area (Å²) in [4.78, 5) is 15.4. The number of halogens is 1. The van der Waals surface area contributed by atoms with E-state index in [1.54, 1.807) is 14.2 Å². The van der Waals surface area contributed by atoms with Crippen LogP contribution in [0.1, 0.15) is 48.4 Å². The van der Waals surface area contributed by atoms with Crippen molar-refractivity contribution in [2.24, 2.45) is 0 Å². The van der Waals surface area contributed by atoms with Crippen LogP contribution in [0, 0.1) is 0 Å². The summed E-state index contributed by atoms with van der Waals surface area (Å²) < 4.78 is 17.4. The van der Waals surface area contributed by atoms with Crippen LogP contribution in [-0.4, -0.2) is 26.2 Å². The van der Waals surface area contributed by atoms with E-state index in [1.165, 1.54) is 12.8 Å². The van der Waals surface area contributed by atoms with Gasteiger partial charge in [-0.3, -0.25) is 4.79 Å². The summed E-state index contributed by atoms with van der Waals surface area (Å²) in [6.45, 7) is 0. The Morgan fingerprint density at radius 3 is 2.24 bits per heavy atom. The van der Waals surface area contributed by atoms with Crippen LogP contribution in [0.2, 0.25) is 5.02 Å². The maximum Gasteiger partial charge on any atom is 0.232 e. The minimum absolute atomic E-state index is 0.0177. The lowest BCUT2D eigenvalue weighted by molar-refractivity contribution is -0.118. The van der Waals surface area contributed by atoms with E-state index in [1.807, 2.05) is 59.5 Å². The lowest BCUT2D eigenvalue weighted by Crippen LogP contribution is -2.41. The van der Waals surface area contributed by atoms with Gasteiger partial charge < -0.3 is 19.1 Å². The standard InChI is InChI=1S/C28H28ClNO4/c1-32-22-13-11-21(12-14-22)30-27(31)16-19-15-25(33-2)26(34-23-5-3-4-6-23)17-24(19)28(30)18-7-9-20(29)10-8-18/h7-15,17,23,28H,3-6,16H2,1-2H3. The molecule has 176 valence electrons. The number of amides is 1. The summed E-state index contributed by atoms with van der Waals surface area (Å²) in [7, 11) is 3.28. The number of nitrogens with zero attached hydrogens (tertiary/aromatic N) is 1. The Kier molecular flexibility index (Phi) is 6.38. The fraction of sp³-hybridized carbons (Fsp3) is 0.321. The Morgan fingerprint density at radius 2 is 1.59 bits per heavy atom. The molecule has 1 aliphatic heterocycles. The zero-order valence-corrected chi connectivity index (χ0v) is 20.2. The minimum atomic E-state index is -0.321. The number of ether oxygens (including phenoxy) is 3. The summed E-state index contributed by atoms with van der Waals surface area (Å²) in [6.07, 6.45) is 4.96. The average molecular weight is 478 g/mol. The minimum Gasteiger partial charge on any atom is -0.497 e. The smallest absolute Gasteiger partial charge is 0.232 e. The Hall–Kier alpha value is -3.18. The number of carbonyl (C=O) groups is 1. The van der Waals surface area contributed by atoms with Crippen molar-refractivity contribution >= 4 is 23.2 Å². The highest BCUT2D eigenvalue weighted by Gasteiger charge is 2.36. The molecule has 0 bridgehead atoms. The number of hydrogen-bond donors (Lipinski definition) is 0. The number of hydrogen-bond acceptors (Lipinski definition) is 4. The zero-order chi connectivity index (χ0) is 23.7. The van der Waals surface area contributed by atoms with Crippen molar-refractivity contribution < 1.29 is 19.0 Å². The molecule has 0 radical (unpaired) electrons. The van der Waals surface area contributed by atoms with E-state index in [2.05, 4.69) is 6.07 Å². The molecule has 0 saturated heterocycles. The maximum absolute atomic E-state index is 13.5. The van der Waals surface area contributed by atoms with Crippen molar-refractivity contribution in [2.45, 2.75) is 44.2 Å². The van der Waals surface area contributed by atoms with Crippen LogP contribution >= 0.6 is 11.6 Å². The maximum atomic E-state index is 13.5. The first kappa shape index (κ1) is 22.6. The molecule has 0 N–H and O–H groups in total. The van der Waals surface area contributed by atoms with Gasteiger partial charge in [-0.05, 0) is 90.9 Å². The number of rotatable bonds is 6. The molecular weight excluding hydrogens is 450 g/mol. The Morgan fingerprint density at radius 1 is 0.882 bits per heavy atom. The van der Waals surface area contributed by atoms with E-state index < -0.39 is 0 Å². The van der Waals surface area contributed by atoms with Gasteiger partial charge in [-0.25, -0.2) is 0 Å². The van der Waals surface area contributed by atoms with Crippen LogP contribution < -0.4 is 19.1 Å². The fourth-order valence-electron chi connectivity index (χ4n) is 5.00. The van der Waals surface area contributed by atoms with Crippen LogP contribution in [0.4, 0.5) is 5.69 Å².